The summed E-state index contributed by atoms with van der Waals surface area (Å²) in [5, 5.41) is 10.8. The van der Waals surface area contributed by atoms with Crippen LogP contribution in [0.25, 0.3) is 5.76 Å². The van der Waals surface area contributed by atoms with Crippen molar-refractivity contribution in [3.63, 3.8) is 0 Å². The number of methoxy groups -OCH3 is 1. The van der Waals surface area contributed by atoms with Gasteiger partial charge in [-0.15, -0.1) is 0 Å². The first-order valence-electron chi connectivity index (χ1n) is 8.29. The molecule has 1 aliphatic rings. The number of ether oxygens (including phenoxy) is 1. The van der Waals surface area contributed by atoms with Gasteiger partial charge in [-0.05, 0) is 24.6 Å². The van der Waals surface area contributed by atoms with Crippen LogP contribution in [-0.4, -0.2) is 46.9 Å². The molecule has 0 radical (unpaired) electrons. The molecule has 1 aromatic heterocycles. The van der Waals surface area contributed by atoms with E-state index in [1.807, 2.05) is 19.1 Å². The molecule has 2 heterocycles. The second kappa shape index (κ2) is 7.49. The van der Waals surface area contributed by atoms with Gasteiger partial charge in [-0.2, -0.15) is 0 Å². The van der Waals surface area contributed by atoms with Gasteiger partial charge in [0.05, 0.1) is 18.2 Å². The molecule has 6 heteroatoms. The van der Waals surface area contributed by atoms with Crippen LogP contribution in [0.1, 0.15) is 22.7 Å². The number of nitrogens with zero attached hydrogens (tertiary/aromatic N) is 2. The molecule has 1 saturated heterocycles. The predicted molar refractivity (Wildman–Crippen MR) is 96.3 cm³/mol. The van der Waals surface area contributed by atoms with Crippen LogP contribution >= 0.6 is 0 Å². The van der Waals surface area contributed by atoms with Gasteiger partial charge in [0, 0.05) is 31.6 Å². The number of hydrogen-bond acceptors (Lipinski definition) is 5. The number of carbonyl (C=O) groups excluding carboxylic acids is 2. The summed E-state index contributed by atoms with van der Waals surface area (Å²) in [5.74, 6) is -1.51. The van der Waals surface area contributed by atoms with Crippen LogP contribution in [0.3, 0.4) is 0 Å². The SMILES string of the molecule is COCCN1C(=O)C(=O)/C(=C(\O)c2ccc(C)cc2)C1c1ccncc1. The standard InChI is InChI=1S/C20H20N2O4/c1-13-3-5-15(6-4-13)18(23)16-17(14-7-9-21-10-8-14)22(11-12-26-2)20(25)19(16)24/h3-10,17,23H,11-12H2,1-2H3/b18-16-. The van der Waals surface area contributed by atoms with Crippen molar-refractivity contribution in [1.82, 2.24) is 9.88 Å². The first-order valence-corrected chi connectivity index (χ1v) is 8.29. The van der Waals surface area contributed by atoms with E-state index in [9.17, 15) is 14.7 Å². The van der Waals surface area contributed by atoms with Crippen LogP contribution < -0.4 is 0 Å². The van der Waals surface area contributed by atoms with E-state index < -0.39 is 17.7 Å². The summed E-state index contributed by atoms with van der Waals surface area (Å²) in [6.07, 6.45) is 3.19. The summed E-state index contributed by atoms with van der Waals surface area (Å²) in [6.45, 7) is 2.47. The number of rotatable bonds is 5. The molecule has 1 atom stereocenters. The topological polar surface area (TPSA) is 79.7 Å². The Bertz CT molecular complexity index is 844. The highest BCUT2D eigenvalue weighted by molar-refractivity contribution is 6.46. The Morgan fingerprint density at radius 3 is 2.42 bits per heavy atom. The normalized spacial score (nSPS) is 19.2. The maximum absolute atomic E-state index is 12.7. The molecule has 1 aromatic carbocycles. The quantitative estimate of drug-likeness (QED) is 0.508. The first kappa shape index (κ1) is 17.8. The molecule has 1 unspecified atom stereocenters. The summed E-state index contributed by atoms with van der Waals surface area (Å²) in [6, 6.07) is 9.95. The second-order valence-corrected chi connectivity index (χ2v) is 6.13. The fourth-order valence-electron chi connectivity index (χ4n) is 3.06. The summed E-state index contributed by atoms with van der Waals surface area (Å²) in [5.41, 5.74) is 2.33. The van der Waals surface area contributed by atoms with E-state index in [-0.39, 0.29) is 17.9 Å². The molecule has 134 valence electrons. The fraction of sp³-hybridized carbons (Fsp3) is 0.250. The number of hydrogen-bond donors (Lipinski definition) is 1. The van der Waals surface area contributed by atoms with Gasteiger partial charge in [0.2, 0.25) is 0 Å². The molecule has 1 aliphatic heterocycles. The van der Waals surface area contributed by atoms with Gasteiger partial charge in [0.15, 0.2) is 0 Å². The van der Waals surface area contributed by atoms with Gasteiger partial charge >= 0.3 is 0 Å². The van der Waals surface area contributed by atoms with Crippen molar-refractivity contribution in [3.05, 3.63) is 71.1 Å². The monoisotopic (exact) mass is 352 g/mol. The number of amides is 1. The molecular weight excluding hydrogens is 332 g/mol. The van der Waals surface area contributed by atoms with Gasteiger partial charge in [-0.25, -0.2) is 0 Å². The molecule has 6 nitrogen and oxygen atoms in total. The van der Waals surface area contributed by atoms with Crippen molar-refractivity contribution >= 4 is 17.4 Å². The molecule has 26 heavy (non-hydrogen) atoms. The zero-order valence-corrected chi connectivity index (χ0v) is 14.7. The third-order valence-corrected chi connectivity index (χ3v) is 4.42. The minimum Gasteiger partial charge on any atom is -0.507 e. The lowest BCUT2D eigenvalue weighted by molar-refractivity contribution is -0.140. The first-order chi connectivity index (χ1) is 12.5. The van der Waals surface area contributed by atoms with Gasteiger partial charge in [0.25, 0.3) is 11.7 Å². The average molecular weight is 352 g/mol. The number of aryl methyl sites for hydroxylation is 1. The van der Waals surface area contributed by atoms with E-state index in [0.29, 0.717) is 17.7 Å². The van der Waals surface area contributed by atoms with Crippen LogP contribution in [-0.2, 0) is 14.3 Å². The predicted octanol–water partition coefficient (Wildman–Crippen LogP) is 2.46. The smallest absolute Gasteiger partial charge is 0.295 e. The molecule has 0 aliphatic carbocycles. The van der Waals surface area contributed by atoms with E-state index in [1.165, 1.54) is 12.0 Å². The molecule has 0 saturated carbocycles. The van der Waals surface area contributed by atoms with Crippen LogP contribution in [0, 0.1) is 6.92 Å². The molecule has 1 fully saturated rings. The van der Waals surface area contributed by atoms with Crippen molar-refractivity contribution in [1.29, 1.82) is 0 Å². The Hall–Kier alpha value is -2.99. The Balaban J connectivity index is 2.14. The number of aliphatic hydroxyl groups excluding tert-OH is 1. The van der Waals surface area contributed by atoms with Gasteiger partial charge in [-0.3, -0.25) is 14.6 Å². The Morgan fingerprint density at radius 2 is 1.81 bits per heavy atom. The largest absolute Gasteiger partial charge is 0.507 e. The number of Topliss-reactive ketones (excluding diaryl/α,β-unsaturated/α-hetero) is 1. The van der Waals surface area contributed by atoms with Gasteiger partial charge in [-0.1, -0.05) is 29.8 Å². The second-order valence-electron chi connectivity index (χ2n) is 6.13. The lowest BCUT2D eigenvalue weighted by atomic mass is 9.95. The van der Waals surface area contributed by atoms with E-state index in [4.69, 9.17) is 4.74 Å². The lowest BCUT2D eigenvalue weighted by Crippen LogP contribution is -2.32. The van der Waals surface area contributed by atoms with E-state index in [2.05, 4.69) is 4.98 Å². The molecule has 0 bridgehead atoms. The lowest BCUT2D eigenvalue weighted by Gasteiger charge is -2.24. The third kappa shape index (κ3) is 3.23. The highest BCUT2D eigenvalue weighted by Crippen LogP contribution is 2.38. The van der Waals surface area contributed by atoms with E-state index >= 15 is 0 Å². The molecule has 0 spiro atoms. The van der Waals surface area contributed by atoms with Crippen LogP contribution in [0.4, 0.5) is 0 Å². The van der Waals surface area contributed by atoms with Gasteiger partial charge in [0.1, 0.15) is 5.76 Å². The number of ketones is 1. The number of aliphatic hydroxyl groups is 1. The van der Waals surface area contributed by atoms with Crippen molar-refractivity contribution in [2.45, 2.75) is 13.0 Å². The number of likely N-dealkylation sites (tertiary alicyclic amines) is 1. The van der Waals surface area contributed by atoms with Crippen LogP contribution in [0.15, 0.2) is 54.4 Å². The number of benzene rings is 1. The third-order valence-electron chi connectivity index (χ3n) is 4.42. The maximum Gasteiger partial charge on any atom is 0.295 e. The summed E-state index contributed by atoms with van der Waals surface area (Å²) in [4.78, 5) is 30.7. The van der Waals surface area contributed by atoms with Crippen molar-refractivity contribution < 1.29 is 19.4 Å². The summed E-state index contributed by atoms with van der Waals surface area (Å²) in [7, 11) is 1.53. The average Bonchev–Trinajstić information content (AvgIpc) is 2.91. The Kier molecular flexibility index (Phi) is 5.14. The van der Waals surface area contributed by atoms with Crippen LogP contribution in [0.2, 0.25) is 0 Å². The van der Waals surface area contributed by atoms with Crippen molar-refractivity contribution in [2.75, 3.05) is 20.3 Å². The Labute approximate surface area is 151 Å². The summed E-state index contributed by atoms with van der Waals surface area (Å²) < 4.78 is 5.07. The number of pyridine rings is 1. The molecule has 1 N–H and O–H groups in total. The van der Waals surface area contributed by atoms with E-state index in [1.54, 1.807) is 36.7 Å². The number of aromatic nitrogens is 1. The van der Waals surface area contributed by atoms with Gasteiger partial charge < -0.3 is 14.7 Å². The zero-order valence-electron chi connectivity index (χ0n) is 14.7. The highest BCUT2D eigenvalue weighted by atomic mass is 16.5. The Morgan fingerprint density at radius 1 is 1.15 bits per heavy atom. The molecule has 1 amide bonds. The molecular formula is C20H20N2O4. The minimum absolute atomic E-state index is 0.0844. The minimum atomic E-state index is -0.694. The highest BCUT2D eigenvalue weighted by Gasteiger charge is 2.45. The maximum atomic E-state index is 12.7. The number of carbonyl (C=O) groups is 2. The summed E-state index contributed by atoms with van der Waals surface area (Å²) >= 11 is 0. The van der Waals surface area contributed by atoms with Crippen LogP contribution in [0.5, 0.6) is 0 Å². The van der Waals surface area contributed by atoms with Crippen molar-refractivity contribution in [2.24, 2.45) is 0 Å². The fourth-order valence-corrected chi connectivity index (χ4v) is 3.06. The van der Waals surface area contributed by atoms with Crippen molar-refractivity contribution in [3.8, 4) is 0 Å². The molecule has 2 aromatic rings. The van der Waals surface area contributed by atoms with E-state index in [0.717, 1.165) is 5.56 Å². The molecule has 3 rings (SSSR count). The zero-order chi connectivity index (χ0) is 18.7.